The molecule has 2 aromatic rings. The number of rotatable bonds is 4. The summed E-state index contributed by atoms with van der Waals surface area (Å²) in [4.78, 5) is 14.2. The number of hydrogen-bond acceptors (Lipinski definition) is 4. The van der Waals surface area contributed by atoms with E-state index in [1.807, 2.05) is 36.4 Å². The van der Waals surface area contributed by atoms with Gasteiger partial charge in [0.25, 0.3) is 5.91 Å². The lowest BCUT2D eigenvalue weighted by molar-refractivity contribution is -0.133. The fourth-order valence-corrected chi connectivity index (χ4v) is 3.10. The standard InChI is InChI=1S/C18H18BrNO4/c1-22-15-4-6-16(23-2)13(8-15)10-20-9-12-7-14(19)3-5-17(12)24-11-18(20)21/h3-8H,9-11H2,1-2H3. The van der Waals surface area contributed by atoms with Gasteiger partial charge in [-0.15, -0.1) is 0 Å². The van der Waals surface area contributed by atoms with E-state index in [9.17, 15) is 4.79 Å². The molecule has 1 aliphatic heterocycles. The molecule has 0 aromatic heterocycles. The van der Waals surface area contributed by atoms with Crippen molar-refractivity contribution in [2.45, 2.75) is 13.1 Å². The minimum Gasteiger partial charge on any atom is -0.497 e. The largest absolute Gasteiger partial charge is 0.497 e. The van der Waals surface area contributed by atoms with E-state index in [1.54, 1.807) is 19.1 Å². The number of ether oxygens (including phenoxy) is 3. The number of carbonyl (C=O) groups excluding carboxylic acids is 1. The van der Waals surface area contributed by atoms with E-state index in [-0.39, 0.29) is 12.5 Å². The summed E-state index contributed by atoms with van der Waals surface area (Å²) in [6.45, 7) is 0.934. The smallest absolute Gasteiger partial charge is 0.261 e. The maximum Gasteiger partial charge on any atom is 0.261 e. The number of fused-ring (bicyclic) bond motifs is 1. The first kappa shape index (κ1) is 16.6. The molecule has 0 saturated carbocycles. The van der Waals surface area contributed by atoms with Gasteiger partial charge in [0.1, 0.15) is 17.2 Å². The zero-order valence-corrected chi connectivity index (χ0v) is 15.1. The molecule has 0 radical (unpaired) electrons. The Morgan fingerprint density at radius 3 is 2.75 bits per heavy atom. The van der Waals surface area contributed by atoms with Crippen molar-refractivity contribution in [1.82, 2.24) is 4.90 Å². The molecule has 0 N–H and O–H groups in total. The molecule has 2 aromatic carbocycles. The Balaban J connectivity index is 1.90. The average molecular weight is 392 g/mol. The second-order valence-corrected chi connectivity index (χ2v) is 6.38. The van der Waals surface area contributed by atoms with Crippen LogP contribution < -0.4 is 14.2 Å². The van der Waals surface area contributed by atoms with Crippen molar-refractivity contribution in [2.75, 3.05) is 20.8 Å². The monoisotopic (exact) mass is 391 g/mol. The highest BCUT2D eigenvalue weighted by atomic mass is 79.9. The summed E-state index contributed by atoms with van der Waals surface area (Å²) in [6.07, 6.45) is 0. The first-order valence-electron chi connectivity index (χ1n) is 7.50. The average Bonchev–Trinajstić information content (AvgIpc) is 2.74. The van der Waals surface area contributed by atoms with Crippen LogP contribution in [0.2, 0.25) is 0 Å². The Morgan fingerprint density at radius 1 is 1.17 bits per heavy atom. The van der Waals surface area contributed by atoms with Crippen molar-refractivity contribution >= 4 is 21.8 Å². The normalized spacial score (nSPS) is 13.8. The highest BCUT2D eigenvalue weighted by molar-refractivity contribution is 9.10. The van der Waals surface area contributed by atoms with Crippen molar-refractivity contribution in [3.05, 3.63) is 52.0 Å². The number of carbonyl (C=O) groups is 1. The van der Waals surface area contributed by atoms with Crippen LogP contribution in [0.4, 0.5) is 0 Å². The minimum atomic E-state index is -0.0628. The van der Waals surface area contributed by atoms with Gasteiger partial charge in [0.2, 0.25) is 0 Å². The molecule has 0 spiro atoms. The molecule has 1 heterocycles. The van der Waals surface area contributed by atoms with E-state index < -0.39 is 0 Å². The van der Waals surface area contributed by atoms with Crippen molar-refractivity contribution < 1.29 is 19.0 Å². The van der Waals surface area contributed by atoms with Crippen LogP contribution in [0.1, 0.15) is 11.1 Å². The number of amides is 1. The van der Waals surface area contributed by atoms with Crippen LogP contribution in [-0.2, 0) is 17.9 Å². The van der Waals surface area contributed by atoms with E-state index in [1.165, 1.54) is 0 Å². The third kappa shape index (κ3) is 3.48. The van der Waals surface area contributed by atoms with Gasteiger partial charge >= 0.3 is 0 Å². The number of halogens is 1. The van der Waals surface area contributed by atoms with Crippen LogP contribution in [0, 0.1) is 0 Å². The van der Waals surface area contributed by atoms with Gasteiger partial charge in [-0.1, -0.05) is 15.9 Å². The Bertz CT molecular complexity index is 763. The zero-order chi connectivity index (χ0) is 17.1. The van der Waals surface area contributed by atoms with Gasteiger partial charge in [-0.25, -0.2) is 0 Å². The summed E-state index contributed by atoms with van der Waals surface area (Å²) < 4.78 is 17.3. The van der Waals surface area contributed by atoms with Crippen LogP contribution in [0.3, 0.4) is 0 Å². The molecule has 0 unspecified atom stereocenters. The molecular formula is C18H18BrNO4. The summed E-state index contributed by atoms with van der Waals surface area (Å²) in [7, 11) is 3.23. The number of hydrogen-bond donors (Lipinski definition) is 0. The van der Waals surface area contributed by atoms with E-state index >= 15 is 0 Å². The molecule has 1 aliphatic rings. The first-order chi connectivity index (χ1) is 11.6. The molecule has 0 atom stereocenters. The Labute approximate surface area is 149 Å². The molecule has 1 amide bonds. The summed E-state index contributed by atoms with van der Waals surface area (Å²) in [6, 6.07) is 11.3. The van der Waals surface area contributed by atoms with Gasteiger partial charge in [-0.2, -0.15) is 0 Å². The Kier molecular flexibility index (Phi) is 4.94. The predicted molar refractivity (Wildman–Crippen MR) is 93.4 cm³/mol. The topological polar surface area (TPSA) is 48.0 Å². The molecule has 6 heteroatoms. The van der Waals surface area contributed by atoms with E-state index in [4.69, 9.17) is 14.2 Å². The highest BCUT2D eigenvalue weighted by Crippen LogP contribution is 2.30. The summed E-state index contributed by atoms with van der Waals surface area (Å²) >= 11 is 3.46. The van der Waals surface area contributed by atoms with Crippen LogP contribution in [0.5, 0.6) is 17.2 Å². The molecule has 3 rings (SSSR count). The van der Waals surface area contributed by atoms with E-state index in [0.29, 0.717) is 13.1 Å². The van der Waals surface area contributed by atoms with Crippen LogP contribution in [-0.4, -0.2) is 31.6 Å². The summed E-state index contributed by atoms with van der Waals surface area (Å²) in [5, 5.41) is 0. The van der Waals surface area contributed by atoms with Crippen LogP contribution in [0.25, 0.3) is 0 Å². The van der Waals surface area contributed by atoms with Crippen molar-refractivity contribution in [3.63, 3.8) is 0 Å². The lowest BCUT2D eigenvalue weighted by Gasteiger charge is -2.21. The van der Waals surface area contributed by atoms with Crippen molar-refractivity contribution in [2.24, 2.45) is 0 Å². The van der Waals surface area contributed by atoms with Gasteiger partial charge in [0.15, 0.2) is 6.61 Å². The van der Waals surface area contributed by atoms with Gasteiger partial charge < -0.3 is 19.1 Å². The van der Waals surface area contributed by atoms with Crippen LogP contribution in [0.15, 0.2) is 40.9 Å². The minimum absolute atomic E-state index is 0.0287. The zero-order valence-electron chi connectivity index (χ0n) is 13.5. The second-order valence-electron chi connectivity index (χ2n) is 5.47. The summed E-state index contributed by atoms with van der Waals surface area (Å²) in [5.41, 5.74) is 1.86. The molecule has 0 saturated heterocycles. The Morgan fingerprint density at radius 2 is 2.00 bits per heavy atom. The lowest BCUT2D eigenvalue weighted by Crippen LogP contribution is -2.32. The maximum absolute atomic E-state index is 12.4. The fraction of sp³-hybridized carbons (Fsp3) is 0.278. The second kappa shape index (κ2) is 7.13. The van der Waals surface area contributed by atoms with Gasteiger partial charge in [-0.05, 0) is 36.4 Å². The third-order valence-corrected chi connectivity index (χ3v) is 4.43. The molecule has 126 valence electrons. The molecule has 0 aliphatic carbocycles. The molecule has 0 fully saturated rings. The SMILES string of the molecule is COc1ccc(OC)c(CN2Cc3cc(Br)ccc3OCC2=O)c1. The molecule has 5 nitrogen and oxygen atoms in total. The third-order valence-electron chi connectivity index (χ3n) is 3.94. The molecule has 24 heavy (non-hydrogen) atoms. The highest BCUT2D eigenvalue weighted by Gasteiger charge is 2.23. The lowest BCUT2D eigenvalue weighted by atomic mass is 10.1. The first-order valence-corrected chi connectivity index (χ1v) is 8.30. The van der Waals surface area contributed by atoms with E-state index in [2.05, 4.69) is 15.9 Å². The van der Waals surface area contributed by atoms with Crippen LogP contribution >= 0.6 is 15.9 Å². The molecule has 0 bridgehead atoms. The maximum atomic E-state index is 12.4. The number of benzene rings is 2. The van der Waals surface area contributed by atoms with Gasteiger partial charge in [-0.3, -0.25) is 4.79 Å². The number of nitrogens with zero attached hydrogens (tertiary/aromatic N) is 1. The van der Waals surface area contributed by atoms with Gasteiger partial charge in [0, 0.05) is 28.7 Å². The predicted octanol–water partition coefficient (Wildman–Crippen LogP) is 3.39. The summed E-state index contributed by atoms with van der Waals surface area (Å²) in [5.74, 6) is 2.13. The molecular weight excluding hydrogens is 374 g/mol. The number of methoxy groups -OCH3 is 2. The van der Waals surface area contributed by atoms with Crippen molar-refractivity contribution in [3.8, 4) is 17.2 Å². The van der Waals surface area contributed by atoms with E-state index in [0.717, 1.165) is 32.8 Å². The fourth-order valence-electron chi connectivity index (χ4n) is 2.69. The quantitative estimate of drug-likeness (QED) is 0.801. The van der Waals surface area contributed by atoms with Crippen molar-refractivity contribution in [1.29, 1.82) is 0 Å². The Hall–Kier alpha value is -2.21. The van der Waals surface area contributed by atoms with Gasteiger partial charge in [0.05, 0.1) is 14.2 Å².